The minimum Gasteiger partial charge on any atom is -0.317 e. The van der Waals surface area contributed by atoms with E-state index in [4.69, 9.17) is 0 Å². The van der Waals surface area contributed by atoms with Crippen molar-refractivity contribution in [3.63, 3.8) is 0 Å². The zero-order chi connectivity index (χ0) is 16.0. The largest absolute Gasteiger partial charge is 0.317 e. The molecule has 0 saturated carbocycles. The molecule has 1 aromatic carbocycles. The number of sulfone groups is 1. The Balaban J connectivity index is 1.60. The number of aromatic nitrogens is 4. The minimum atomic E-state index is -3.37. The molecule has 3 heterocycles. The van der Waals surface area contributed by atoms with Crippen LogP contribution < -0.4 is 0 Å². The smallest absolute Gasteiger partial charge is 0.210 e. The van der Waals surface area contributed by atoms with Crippen molar-refractivity contribution in [3.05, 3.63) is 35.9 Å². The molecule has 2 aromatic heterocycles. The van der Waals surface area contributed by atoms with Crippen LogP contribution in [0.25, 0.3) is 10.2 Å². The van der Waals surface area contributed by atoms with Crippen molar-refractivity contribution >= 4 is 31.4 Å². The molecule has 0 radical (unpaired) electrons. The Morgan fingerprint density at radius 2 is 2.26 bits per heavy atom. The zero-order valence-electron chi connectivity index (χ0n) is 12.6. The summed E-state index contributed by atoms with van der Waals surface area (Å²) < 4.78 is 28.5. The van der Waals surface area contributed by atoms with Gasteiger partial charge in [0.25, 0.3) is 0 Å². The molecular formula is C15H16N4O2S2. The number of aryl methyl sites for hydroxylation is 2. The Morgan fingerprint density at radius 1 is 1.39 bits per heavy atom. The molecule has 0 aliphatic carbocycles. The molecule has 6 nitrogen and oxygen atoms in total. The third kappa shape index (κ3) is 2.76. The summed E-state index contributed by atoms with van der Waals surface area (Å²) in [6.07, 6.45) is 3.27. The summed E-state index contributed by atoms with van der Waals surface area (Å²) in [5.41, 5.74) is 1.84. The van der Waals surface area contributed by atoms with E-state index in [0.29, 0.717) is 6.54 Å². The van der Waals surface area contributed by atoms with E-state index < -0.39 is 9.84 Å². The van der Waals surface area contributed by atoms with Crippen molar-refractivity contribution in [1.82, 2.24) is 19.7 Å². The summed E-state index contributed by atoms with van der Waals surface area (Å²) in [5, 5.41) is 7.92. The average Bonchev–Trinajstić information content (AvgIpc) is 3.12. The quantitative estimate of drug-likeness (QED) is 0.725. The van der Waals surface area contributed by atoms with Gasteiger partial charge in [0.05, 0.1) is 16.0 Å². The maximum Gasteiger partial charge on any atom is 0.210 e. The molecule has 1 aliphatic rings. The highest BCUT2D eigenvalue weighted by Crippen LogP contribution is 2.29. The highest BCUT2D eigenvalue weighted by atomic mass is 32.2. The number of rotatable bonds is 3. The number of hydrogen-bond donors (Lipinski definition) is 0. The van der Waals surface area contributed by atoms with Crippen LogP contribution in [0.5, 0.6) is 0 Å². The molecule has 4 rings (SSSR count). The van der Waals surface area contributed by atoms with Gasteiger partial charge in [-0.15, -0.1) is 21.5 Å². The lowest BCUT2D eigenvalue weighted by Gasteiger charge is -2.22. The Bertz CT molecular complexity index is 974. The first-order chi connectivity index (χ1) is 11.0. The first kappa shape index (κ1) is 14.8. The molecule has 1 atom stereocenters. The second-order valence-corrected chi connectivity index (χ2v) is 9.28. The van der Waals surface area contributed by atoms with Gasteiger partial charge in [-0.05, 0) is 37.0 Å². The summed E-state index contributed by atoms with van der Waals surface area (Å²) in [6.45, 7) is 2.64. The molecule has 0 saturated heterocycles. The lowest BCUT2D eigenvalue weighted by molar-refractivity contribution is 0.393. The maximum atomic E-state index is 12.7. The lowest BCUT2D eigenvalue weighted by atomic mass is 10.0. The minimum absolute atomic E-state index is 0.0808. The van der Waals surface area contributed by atoms with Crippen LogP contribution in [-0.4, -0.2) is 33.9 Å². The van der Waals surface area contributed by atoms with Crippen LogP contribution in [0.2, 0.25) is 0 Å². The fraction of sp³-hybridized carbons (Fsp3) is 0.400. The Hall–Kier alpha value is -1.80. The summed E-state index contributed by atoms with van der Waals surface area (Å²) in [6, 6.07) is 5.84. The molecule has 0 spiro atoms. The van der Waals surface area contributed by atoms with Gasteiger partial charge in [0.15, 0.2) is 0 Å². The Kier molecular flexibility index (Phi) is 3.46. The van der Waals surface area contributed by atoms with Crippen LogP contribution in [-0.2, 0) is 22.8 Å². The van der Waals surface area contributed by atoms with Gasteiger partial charge in [-0.25, -0.2) is 13.4 Å². The lowest BCUT2D eigenvalue weighted by Crippen LogP contribution is -2.26. The van der Waals surface area contributed by atoms with Crippen molar-refractivity contribution in [2.24, 2.45) is 5.92 Å². The molecule has 0 N–H and O–H groups in total. The summed E-state index contributed by atoms with van der Waals surface area (Å²) >= 11 is 1.26. The highest BCUT2D eigenvalue weighted by molar-refractivity contribution is 7.93. The molecule has 8 heteroatoms. The summed E-state index contributed by atoms with van der Waals surface area (Å²) in [5.74, 6) is 1.15. The SMILES string of the molecule is Cc1ccc2sc(S(=O)(=O)CC3CCc4nncn4C3)nc2c1. The molecule has 0 fully saturated rings. The Morgan fingerprint density at radius 3 is 3.13 bits per heavy atom. The third-order valence-corrected chi connectivity index (χ3v) is 7.55. The van der Waals surface area contributed by atoms with Gasteiger partial charge in [0.2, 0.25) is 14.2 Å². The van der Waals surface area contributed by atoms with E-state index in [2.05, 4.69) is 15.2 Å². The van der Waals surface area contributed by atoms with Gasteiger partial charge in [0.1, 0.15) is 12.2 Å². The first-order valence-electron chi connectivity index (χ1n) is 7.48. The van der Waals surface area contributed by atoms with E-state index in [0.717, 1.165) is 34.4 Å². The van der Waals surface area contributed by atoms with Gasteiger partial charge in [-0.2, -0.15) is 0 Å². The van der Waals surface area contributed by atoms with Crippen molar-refractivity contribution in [1.29, 1.82) is 0 Å². The standard InChI is InChI=1S/C15H16N4O2S2/c1-10-2-4-13-12(6-10)17-15(22-13)23(20,21)8-11-3-5-14-18-16-9-19(14)7-11/h2,4,6,9,11H,3,5,7-8H2,1H3. The normalized spacial score (nSPS) is 18.2. The van der Waals surface area contributed by atoms with Gasteiger partial charge >= 0.3 is 0 Å². The molecule has 23 heavy (non-hydrogen) atoms. The second-order valence-electron chi connectivity index (χ2n) is 6.04. The van der Waals surface area contributed by atoms with Crippen molar-refractivity contribution < 1.29 is 8.42 Å². The fourth-order valence-electron chi connectivity index (χ4n) is 2.99. The van der Waals surface area contributed by atoms with E-state index in [-0.39, 0.29) is 16.0 Å². The molecule has 0 amide bonds. The number of fused-ring (bicyclic) bond motifs is 2. The van der Waals surface area contributed by atoms with Crippen LogP contribution in [0.1, 0.15) is 17.8 Å². The van der Waals surface area contributed by atoms with E-state index >= 15 is 0 Å². The van der Waals surface area contributed by atoms with E-state index in [1.807, 2.05) is 29.7 Å². The third-order valence-electron chi connectivity index (χ3n) is 4.17. The Labute approximate surface area is 138 Å². The first-order valence-corrected chi connectivity index (χ1v) is 9.95. The van der Waals surface area contributed by atoms with Crippen LogP contribution in [0.3, 0.4) is 0 Å². The molecule has 3 aromatic rings. The van der Waals surface area contributed by atoms with Gasteiger partial charge in [-0.3, -0.25) is 0 Å². The number of nitrogens with zero attached hydrogens (tertiary/aromatic N) is 4. The predicted octanol–water partition coefficient (Wildman–Crippen LogP) is 2.23. The maximum absolute atomic E-state index is 12.7. The van der Waals surface area contributed by atoms with Crippen LogP contribution in [0.4, 0.5) is 0 Å². The average molecular weight is 348 g/mol. The highest BCUT2D eigenvalue weighted by Gasteiger charge is 2.28. The number of thiazole rings is 1. The van der Waals surface area contributed by atoms with Crippen LogP contribution in [0.15, 0.2) is 28.9 Å². The monoisotopic (exact) mass is 348 g/mol. The summed E-state index contributed by atoms with van der Waals surface area (Å²) in [4.78, 5) is 4.34. The van der Waals surface area contributed by atoms with E-state index in [1.54, 1.807) is 6.33 Å². The number of hydrogen-bond acceptors (Lipinski definition) is 6. The van der Waals surface area contributed by atoms with E-state index in [1.165, 1.54) is 11.3 Å². The van der Waals surface area contributed by atoms with Crippen molar-refractivity contribution in [2.45, 2.75) is 30.6 Å². The van der Waals surface area contributed by atoms with Crippen molar-refractivity contribution in [2.75, 3.05) is 5.75 Å². The topological polar surface area (TPSA) is 77.7 Å². The summed E-state index contributed by atoms with van der Waals surface area (Å²) in [7, 11) is -3.37. The number of benzene rings is 1. The van der Waals surface area contributed by atoms with Gasteiger partial charge in [0, 0.05) is 13.0 Å². The fourth-order valence-corrected chi connectivity index (χ4v) is 5.93. The van der Waals surface area contributed by atoms with Crippen LogP contribution >= 0.6 is 11.3 Å². The molecule has 1 aliphatic heterocycles. The van der Waals surface area contributed by atoms with E-state index in [9.17, 15) is 8.42 Å². The van der Waals surface area contributed by atoms with Crippen molar-refractivity contribution in [3.8, 4) is 0 Å². The zero-order valence-corrected chi connectivity index (χ0v) is 14.3. The predicted molar refractivity (Wildman–Crippen MR) is 88.2 cm³/mol. The molecule has 0 bridgehead atoms. The molecular weight excluding hydrogens is 332 g/mol. The second kappa shape index (κ2) is 5.38. The van der Waals surface area contributed by atoms with Crippen LogP contribution in [0, 0.1) is 12.8 Å². The molecule has 120 valence electrons. The van der Waals surface area contributed by atoms with Gasteiger partial charge < -0.3 is 4.57 Å². The van der Waals surface area contributed by atoms with Gasteiger partial charge in [-0.1, -0.05) is 6.07 Å². The molecule has 1 unspecified atom stereocenters.